The number of nitrogens with zero attached hydrogens (tertiary/aromatic N) is 2. The molecule has 0 saturated heterocycles. The second-order valence-corrected chi connectivity index (χ2v) is 5.54. The fourth-order valence-corrected chi connectivity index (χ4v) is 2.94. The Morgan fingerprint density at radius 2 is 1.91 bits per heavy atom. The number of aromatic nitrogens is 2. The van der Waals surface area contributed by atoms with E-state index in [4.69, 9.17) is 44.3 Å². The summed E-state index contributed by atoms with van der Waals surface area (Å²) in [5.41, 5.74) is 1.22. The van der Waals surface area contributed by atoms with Crippen molar-refractivity contribution in [2.75, 3.05) is 13.7 Å². The predicted octanol–water partition coefficient (Wildman–Crippen LogP) is 4.16. The van der Waals surface area contributed by atoms with Crippen molar-refractivity contribution in [2.24, 2.45) is 0 Å². The van der Waals surface area contributed by atoms with Crippen molar-refractivity contribution >= 4 is 40.8 Å². The van der Waals surface area contributed by atoms with Crippen LogP contribution in [0.3, 0.4) is 0 Å². The molecule has 0 bridgehead atoms. The van der Waals surface area contributed by atoms with Gasteiger partial charge in [0.15, 0.2) is 0 Å². The van der Waals surface area contributed by atoms with Crippen LogP contribution in [0, 0.1) is 0 Å². The lowest BCUT2D eigenvalue weighted by molar-refractivity contribution is 0.0521. The van der Waals surface area contributed by atoms with E-state index >= 15 is 0 Å². The molecule has 1 aromatic heterocycles. The van der Waals surface area contributed by atoms with Crippen molar-refractivity contribution in [1.29, 1.82) is 0 Å². The van der Waals surface area contributed by atoms with E-state index in [0.29, 0.717) is 32.0 Å². The Morgan fingerprint density at radius 3 is 2.45 bits per heavy atom. The van der Waals surface area contributed by atoms with E-state index in [1.807, 2.05) is 0 Å². The van der Waals surface area contributed by atoms with Crippen molar-refractivity contribution in [3.63, 3.8) is 0 Å². The number of carbonyl (C=O) groups excluding carboxylic acids is 1. The molecule has 0 aliphatic heterocycles. The first-order valence-corrected chi connectivity index (χ1v) is 7.50. The summed E-state index contributed by atoms with van der Waals surface area (Å²) in [6, 6.07) is 3.10. The van der Waals surface area contributed by atoms with Gasteiger partial charge in [-0.15, -0.1) is 0 Å². The van der Waals surface area contributed by atoms with Crippen LogP contribution in [0.5, 0.6) is 0 Å². The maximum atomic E-state index is 12.0. The molecule has 0 amide bonds. The highest BCUT2D eigenvalue weighted by atomic mass is 35.5. The van der Waals surface area contributed by atoms with Gasteiger partial charge in [0.2, 0.25) is 0 Å². The first kappa shape index (κ1) is 17.1. The van der Waals surface area contributed by atoms with Gasteiger partial charge in [-0.3, -0.25) is 0 Å². The van der Waals surface area contributed by atoms with E-state index in [2.05, 4.69) is 5.10 Å². The number of methoxy groups -OCH3 is 1. The van der Waals surface area contributed by atoms with E-state index in [9.17, 15) is 4.79 Å². The van der Waals surface area contributed by atoms with Crippen molar-refractivity contribution in [1.82, 2.24) is 9.78 Å². The minimum atomic E-state index is -0.484. The lowest BCUT2D eigenvalue weighted by Gasteiger charge is -2.12. The van der Waals surface area contributed by atoms with Gasteiger partial charge in [0.05, 0.1) is 35.1 Å². The minimum absolute atomic E-state index is 0.142. The fraction of sp³-hybridized carbons (Fsp3) is 0.286. The first-order chi connectivity index (χ1) is 10.5. The predicted molar refractivity (Wildman–Crippen MR) is 85.3 cm³/mol. The van der Waals surface area contributed by atoms with Crippen LogP contribution in [0.15, 0.2) is 18.3 Å². The molecule has 2 rings (SSSR count). The average molecular weight is 364 g/mol. The number of hydrogen-bond acceptors (Lipinski definition) is 4. The van der Waals surface area contributed by atoms with Crippen LogP contribution < -0.4 is 0 Å². The van der Waals surface area contributed by atoms with Gasteiger partial charge in [0.1, 0.15) is 11.3 Å². The van der Waals surface area contributed by atoms with Gasteiger partial charge in [0, 0.05) is 12.1 Å². The van der Waals surface area contributed by atoms with Gasteiger partial charge in [0.25, 0.3) is 0 Å². The Labute approximate surface area is 142 Å². The summed E-state index contributed by atoms with van der Waals surface area (Å²) in [6.07, 6.45) is 1.40. The quantitative estimate of drug-likeness (QED) is 0.749. The molecular formula is C14H13Cl3N2O3. The van der Waals surface area contributed by atoms with Crippen LogP contribution in [0.25, 0.3) is 5.69 Å². The molecule has 118 valence electrons. The number of rotatable bonds is 5. The molecule has 0 aliphatic rings. The highest BCUT2D eigenvalue weighted by Gasteiger charge is 2.22. The van der Waals surface area contributed by atoms with Gasteiger partial charge in [-0.2, -0.15) is 5.10 Å². The summed E-state index contributed by atoms with van der Waals surface area (Å²) in [6.45, 7) is 2.13. The molecule has 0 N–H and O–H groups in total. The zero-order valence-electron chi connectivity index (χ0n) is 11.9. The SMILES string of the molecule is CCOC(=O)c1cnn(-c2c(Cl)cc(Cl)cc2Cl)c1COC. The van der Waals surface area contributed by atoms with E-state index in [0.717, 1.165) is 0 Å². The van der Waals surface area contributed by atoms with Crippen molar-refractivity contribution < 1.29 is 14.3 Å². The normalized spacial score (nSPS) is 10.8. The van der Waals surface area contributed by atoms with Gasteiger partial charge in [-0.1, -0.05) is 34.8 Å². The lowest BCUT2D eigenvalue weighted by Crippen LogP contribution is -2.11. The number of ether oxygens (including phenoxy) is 2. The van der Waals surface area contributed by atoms with Gasteiger partial charge >= 0.3 is 5.97 Å². The number of hydrogen-bond donors (Lipinski definition) is 0. The second-order valence-electron chi connectivity index (χ2n) is 4.29. The average Bonchev–Trinajstić information content (AvgIpc) is 2.82. The topological polar surface area (TPSA) is 53.3 Å². The van der Waals surface area contributed by atoms with E-state index in [-0.39, 0.29) is 13.2 Å². The highest BCUT2D eigenvalue weighted by Crippen LogP contribution is 2.33. The number of carbonyl (C=O) groups is 1. The zero-order chi connectivity index (χ0) is 16.3. The van der Waals surface area contributed by atoms with E-state index in [1.165, 1.54) is 18.0 Å². The fourth-order valence-electron chi connectivity index (χ4n) is 1.96. The molecule has 0 saturated carbocycles. The smallest absolute Gasteiger partial charge is 0.341 e. The number of halogens is 3. The zero-order valence-corrected chi connectivity index (χ0v) is 14.2. The Hall–Kier alpha value is -1.27. The van der Waals surface area contributed by atoms with E-state index in [1.54, 1.807) is 19.1 Å². The summed E-state index contributed by atoms with van der Waals surface area (Å²) in [7, 11) is 1.51. The van der Waals surface area contributed by atoms with Crippen LogP contribution in [-0.4, -0.2) is 29.5 Å². The van der Waals surface area contributed by atoms with Crippen LogP contribution >= 0.6 is 34.8 Å². The Kier molecular flexibility index (Phi) is 5.69. The van der Waals surface area contributed by atoms with Crippen LogP contribution in [0.1, 0.15) is 23.0 Å². The van der Waals surface area contributed by atoms with Crippen molar-refractivity contribution in [3.05, 3.63) is 44.7 Å². The summed E-state index contributed by atoms with van der Waals surface area (Å²) >= 11 is 18.3. The summed E-state index contributed by atoms with van der Waals surface area (Å²) in [5.74, 6) is -0.484. The summed E-state index contributed by atoms with van der Waals surface area (Å²) < 4.78 is 11.6. The van der Waals surface area contributed by atoms with Crippen LogP contribution in [0.4, 0.5) is 0 Å². The third-order valence-electron chi connectivity index (χ3n) is 2.84. The molecule has 5 nitrogen and oxygen atoms in total. The second kappa shape index (κ2) is 7.33. The van der Waals surface area contributed by atoms with Gasteiger partial charge < -0.3 is 9.47 Å². The molecular weight excluding hydrogens is 351 g/mol. The molecule has 0 radical (unpaired) electrons. The molecule has 0 unspecified atom stereocenters. The summed E-state index contributed by atoms with van der Waals surface area (Å²) in [5, 5.41) is 5.22. The molecule has 1 aromatic carbocycles. The molecule has 2 aromatic rings. The standard InChI is InChI=1S/C14H13Cl3N2O3/c1-3-22-14(20)9-6-18-19(12(9)7-21-2)13-10(16)4-8(15)5-11(13)17/h4-6H,3,7H2,1-2H3. The van der Waals surface area contributed by atoms with E-state index < -0.39 is 5.97 Å². The third kappa shape index (κ3) is 3.38. The first-order valence-electron chi connectivity index (χ1n) is 6.37. The minimum Gasteiger partial charge on any atom is -0.462 e. The molecule has 1 heterocycles. The maximum Gasteiger partial charge on any atom is 0.341 e. The van der Waals surface area contributed by atoms with Crippen molar-refractivity contribution in [3.8, 4) is 5.69 Å². The van der Waals surface area contributed by atoms with Gasteiger partial charge in [-0.05, 0) is 19.1 Å². The number of esters is 1. The third-order valence-corrected chi connectivity index (χ3v) is 3.63. The molecule has 22 heavy (non-hydrogen) atoms. The lowest BCUT2D eigenvalue weighted by atomic mass is 10.2. The van der Waals surface area contributed by atoms with Crippen LogP contribution in [0.2, 0.25) is 15.1 Å². The van der Waals surface area contributed by atoms with Crippen molar-refractivity contribution in [2.45, 2.75) is 13.5 Å². The largest absolute Gasteiger partial charge is 0.462 e. The van der Waals surface area contributed by atoms with Gasteiger partial charge in [-0.25, -0.2) is 9.48 Å². The monoisotopic (exact) mass is 362 g/mol. The molecule has 0 aliphatic carbocycles. The molecule has 0 atom stereocenters. The Bertz CT molecular complexity index is 678. The molecule has 8 heteroatoms. The molecule has 0 spiro atoms. The number of benzene rings is 1. The van der Waals surface area contributed by atoms with Crippen LogP contribution in [-0.2, 0) is 16.1 Å². The summed E-state index contributed by atoms with van der Waals surface area (Å²) in [4.78, 5) is 12.0. The Morgan fingerprint density at radius 1 is 1.27 bits per heavy atom. The Balaban J connectivity index is 2.59. The maximum absolute atomic E-state index is 12.0. The molecule has 0 fully saturated rings. The highest BCUT2D eigenvalue weighted by molar-refractivity contribution is 6.40.